The van der Waals surface area contributed by atoms with Crippen molar-refractivity contribution in [3.8, 4) is 0 Å². The lowest BCUT2D eigenvalue weighted by Crippen LogP contribution is -2.34. The Kier molecular flexibility index (Phi) is 4.97. The summed E-state index contributed by atoms with van der Waals surface area (Å²) in [6, 6.07) is 18.9. The SMILES string of the molecule is COC[C@@H]1CCCN1c1nc(NCc2ccccc2)c2ccccc2n1. The molecule has 0 saturated carbocycles. The molecule has 0 amide bonds. The summed E-state index contributed by atoms with van der Waals surface area (Å²) in [4.78, 5) is 12.0. The number of anilines is 2. The van der Waals surface area contributed by atoms with Crippen LogP contribution in [-0.2, 0) is 11.3 Å². The fraction of sp³-hybridized carbons (Fsp3) is 0.333. The van der Waals surface area contributed by atoms with E-state index in [1.165, 1.54) is 5.56 Å². The van der Waals surface area contributed by atoms with Crippen LogP contribution in [-0.4, -0.2) is 36.3 Å². The Morgan fingerprint density at radius 3 is 2.73 bits per heavy atom. The zero-order valence-electron chi connectivity index (χ0n) is 15.1. The van der Waals surface area contributed by atoms with Crippen LogP contribution >= 0.6 is 0 Å². The van der Waals surface area contributed by atoms with E-state index in [0.717, 1.165) is 48.6 Å². The van der Waals surface area contributed by atoms with E-state index in [2.05, 4.69) is 46.6 Å². The second-order valence-electron chi connectivity index (χ2n) is 6.67. The molecule has 0 bridgehead atoms. The van der Waals surface area contributed by atoms with Gasteiger partial charge >= 0.3 is 0 Å². The number of para-hydroxylation sites is 1. The van der Waals surface area contributed by atoms with Gasteiger partial charge in [0.15, 0.2) is 0 Å². The van der Waals surface area contributed by atoms with E-state index in [1.54, 1.807) is 7.11 Å². The number of fused-ring (bicyclic) bond motifs is 1. The van der Waals surface area contributed by atoms with Crippen LogP contribution in [0.4, 0.5) is 11.8 Å². The van der Waals surface area contributed by atoms with Gasteiger partial charge in [0.1, 0.15) is 5.82 Å². The average Bonchev–Trinajstić information content (AvgIpc) is 3.15. The average molecular weight is 348 g/mol. The largest absolute Gasteiger partial charge is 0.383 e. The molecule has 0 unspecified atom stereocenters. The monoisotopic (exact) mass is 348 g/mol. The maximum atomic E-state index is 5.39. The highest BCUT2D eigenvalue weighted by Gasteiger charge is 2.27. The van der Waals surface area contributed by atoms with Crippen LogP contribution in [0, 0.1) is 0 Å². The Bertz CT molecular complexity index is 868. The van der Waals surface area contributed by atoms with Crippen molar-refractivity contribution in [3.63, 3.8) is 0 Å². The van der Waals surface area contributed by atoms with E-state index in [9.17, 15) is 0 Å². The van der Waals surface area contributed by atoms with Crippen molar-refractivity contribution in [3.05, 3.63) is 60.2 Å². The number of nitrogens with zero attached hydrogens (tertiary/aromatic N) is 3. The quantitative estimate of drug-likeness (QED) is 0.733. The molecule has 0 spiro atoms. The smallest absolute Gasteiger partial charge is 0.228 e. The molecule has 3 aromatic rings. The van der Waals surface area contributed by atoms with Gasteiger partial charge in [0, 0.05) is 25.6 Å². The molecule has 5 heteroatoms. The molecule has 26 heavy (non-hydrogen) atoms. The third-order valence-corrected chi connectivity index (χ3v) is 4.89. The summed E-state index contributed by atoms with van der Waals surface area (Å²) >= 11 is 0. The second-order valence-corrected chi connectivity index (χ2v) is 6.67. The first-order valence-corrected chi connectivity index (χ1v) is 9.15. The summed E-state index contributed by atoms with van der Waals surface area (Å²) < 4.78 is 5.39. The van der Waals surface area contributed by atoms with Crippen LogP contribution in [0.25, 0.3) is 10.9 Å². The number of rotatable bonds is 6. The Morgan fingerprint density at radius 2 is 1.88 bits per heavy atom. The molecule has 1 aliphatic rings. The van der Waals surface area contributed by atoms with Crippen molar-refractivity contribution >= 4 is 22.7 Å². The molecule has 2 heterocycles. The lowest BCUT2D eigenvalue weighted by atomic mass is 10.2. The van der Waals surface area contributed by atoms with E-state index >= 15 is 0 Å². The standard InChI is InChI=1S/C21H24N4O/c1-26-15-17-10-7-13-25(17)21-23-19-12-6-5-11-18(19)20(24-21)22-14-16-8-3-2-4-9-16/h2-6,8-9,11-12,17H,7,10,13-15H2,1H3,(H,22,23,24)/t17-/m0/s1. The number of hydrogen-bond acceptors (Lipinski definition) is 5. The fourth-order valence-electron chi connectivity index (χ4n) is 3.57. The normalized spacial score (nSPS) is 17.0. The first-order valence-electron chi connectivity index (χ1n) is 9.15. The molecule has 1 atom stereocenters. The summed E-state index contributed by atoms with van der Waals surface area (Å²) in [7, 11) is 1.75. The van der Waals surface area contributed by atoms with Gasteiger partial charge in [0.25, 0.3) is 0 Å². The van der Waals surface area contributed by atoms with E-state index in [-0.39, 0.29) is 0 Å². The Morgan fingerprint density at radius 1 is 1.08 bits per heavy atom. The van der Waals surface area contributed by atoms with Crippen molar-refractivity contribution in [1.82, 2.24) is 9.97 Å². The highest BCUT2D eigenvalue weighted by molar-refractivity contribution is 5.90. The molecule has 0 aliphatic carbocycles. The van der Waals surface area contributed by atoms with E-state index < -0.39 is 0 Å². The molecule has 1 fully saturated rings. The van der Waals surface area contributed by atoms with Gasteiger partial charge in [0.2, 0.25) is 5.95 Å². The Balaban J connectivity index is 1.67. The van der Waals surface area contributed by atoms with Gasteiger partial charge in [-0.15, -0.1) is 0 Å². The van der Waals surface area contributed by atoms with Crippen LogP contribution in [0.1, 0.15) is 18.4 Å². The van der Waals surface area contributed by atoms with Crippen molar-refractivity contribution in [1.29, 1.82) is 0 Å². The van der Waals surface area contributed by atoms with Crippen molar-refractivity contribution in [2.75, 3.05) is 30.5 Å². The minimum Gasteiger partial charge on any atom is -0.383 e. The first kappa shape index (κ1) is 16.8. The maximum absolute atomic E-state index is 5.39. The summed E-state index contributed by atoms with van der Waals surface area (Å²) in [5.74, 6) is 1.68. The van der Waals surface area contributed by atoms with Gasteiger partial charge in [-0.05, 0) is 30.5 Å². The highest BCUT2D eigenvalue weighted by Crippen LogP contribution is 2.28. The first-order chi connectivity index (χ1) is 12.8. The Hall–Kier alpha value is -2.66. The fourth-order valence-corrected chi connectivity index (χ4v) is 3.57. The van der Waals surface area contributed by atoms with E-state index in [0.29, 0.717) is 12.6 Å². The predicted octanol–water partition coefficient (Wildman–Crippen LogP) is 3.86. The van der Waals surface area contributed by atoms with Crippen LogP contribution in [0.15, 0.2) is 54.6 Å². The van der Waals surface area contributed by atoms with Crippen molar-refractivity contribution < 1.29 is 4.74 Å². The molecule has 5 nitrogen and oxygen atoms in total. The van der Waals surface area contributed by atoms with E-state index in [4.69, 9.17) is 14.7 Å². The molecule has 1 aliphatic heterocycles. The van der Waals surface area contributed by atoms with Crippen LogP contribution in [0.3, 0.4) is 0 Å². The number of nitrogens with one attached hydrogen (secondary N) is 1. The molecular weight excluding hydrogens is 324 g/mol. The lowest BCUT2D eigenvalue weighted by molar-refractivity contribution is 0.180. The summed E-state index contributed by atoms with van der Waals surface area (Å²) in [5.41, 5.74) is 2.20. The number of methoxy groups -OCH3 is 1. The zero-order valence-corrected chi connectivity index (χ0v) is 15.1. The minimum absolute atomic E-state index is 0.350. The number of aromatic nitrogens is 2. The van der Waals surface area contributed by atoms with Crippen LogP contribution in [0.5, 0.6) is 0 Å². The number of ether oxygens (including phenoxy) is 1. The molecule has 134 valence electrons. The number of hydrogen-bond donors (Lipinski definition) is 1. The van der Waals surface area contributed by atoms with Crippen LogP contribution < -0.4 is 10.2 Å². The molecule has 2 aromatic carbocycles. The van der Waals surface area contributed by atoms with Gasteiger partial charge < -0.3 is 15.0 Å². The molecule has 1 N–H and O–H groups in total. The third-order valence-electron chi connectivity index (χ3n) is 4.89. The van der Waals surface area contributed by atoms with Gasteiger partial charge in [-0.3, -0.25) is 0 Å². The summed E-state index contributed by atoms with van der Waals surface area (Å²) in [6.45, 7) is 2.43. The minimum atomic E-state index is 0.350. The molecule has 4 rings (SSSR count). The van der Waals surface area contributed by atoms with Crippen molar-refractivity contribution in [2.45, 2.75) is 25.4 Å². The topological polar surface area (TPSA) is 50.3 Å². The molecular formula is C21H24N4O. The second kappa shape index (κ2) is 7.70. The van der Waals surface area contributed by atoms with Gasteiger partial charge in [-0.2, -0.15) is 4.98 Å². The predicted molar refractivity (Wildman–Crippen MR) is 106 cm³/mol. The summed E-state index contributed by atoms with van der Waals surface area (Å²) in [6.07, 6.45) is 2.27. The Labute approximate surface area is 154 Å². The summed E-state index contributed by atoms with van der Waals surface area (Å²) in [5, 5.41) is 4.56. The van der Waals surface area contributed by atoms with E-state index in [1.807, 2.05) is 18.2 Å². The van der Waals surface area contributed by atoms with Crippen LogP contribution in [0.2, 0.25) is 0 Å². The van der Waals surface area contributed by atoms with Gasteiger partial charge in [-0.25, -0.2) is 4.98 Å². The van der Waals surface area contributed by atoms with Gasteiger partial charge in [-0.1, -0.05) is 42.5 Å². The molecule has 0 radical (unpaired) electrons. The lowest BCUT2D eigenvalue weighted by Gasteiger charge is -2.25. The highest BCUT2D eigenvalue weighted by atomic mass is 16.5. The third kappa shape index (κ3) is 3.48. The zero-order chi connectivity index (χ0) is 17.8. The number of benzene rings is 2. The molecule has 1 aromatic heterocycles. The van der Waals surface area contributed by atoms with Gasteiger partial charge in [0.05, 0.1) is 18.2 Å². The van der Waals surface area contributed by atoms with Crippen molar-refractivity contribution in [2.24, 2.45) is 0 Å². The molecule has 1 saturated heterocycles. The maximum Gasteiger partial charge on any atom is 0.228 e.